The quantitative estimate of drug-likeness (QED) is 0.639. The average Bonchev–Trinajstić information content (AvgIpc) is 2.87. The lowest BCUT2D eigenvalue weighted by Crippen LogP contribution is -1.93. The van der Waals surface area contributed by atoms with Gasteiger partial charge in [0.05, 0.1) is 0 Å². The molecule has 0 radical (unpaired) electrons. The molecule has 0 unspecified atom stereocenters. The summed E-state index contributed by atoms with van der Waals surface area (Å²) in [4.78, 5) is 4.18. The number of rotatable bonds is 4. The summed E-state index contributed by atoms with van der Waals surface area (Å²) in [5.74, 6) is 1.93. The lowest BCUT2D eigenvalue weighted by molar-refractivity contribution is 0.463. The van der Waals surface area contributed by atoms with Crippen LogP contribution in [0.3, 0.4) is 0 Å². The van der Waals surface area contributed by atoms with Gasteiger partial charge in [-0.2, -0.15) is 5.10 Å². The molecule has 0 saturated carbocycles. The van der Waals surface area contributed by atoms with Gasteiger partial charge in [0.2, 0.25) is 5.88 Å². The van der Waals surface area contributed by atoms with Gasteiger partial charge < -0.3 is 15.8 Å². The molecular formula is C15H15N5O. The third-order valence-electron chi connectivity index (χ3n) is 2.82. The Bertz CT molecular complexity index is 736. The smallest absolute Gasteiger partial charge is 0.221 e. The average molecular weight is 281 g/mol. The van der Waals surface area contributed by atoms with Crippen molar-refractivity contribution < 1.29 is 4.74 Å². The summed E-state index contributed by atoms with van der Waals surface area (Å²) in [5, 5.41) is 10.2. The molecule has 6 heteroatoms. The Morgan fingerprint density at radius 2 is 1.95 bits per heavy atom. The van der Waals surface area contributed by atoms with Crippen LogP contribution < -0.4 is 15.8 Å². The van der Waals surface area contributed by atoms with Gasteiger partial charge in [-0.1, -0.05) is 0 Å². The molecule has 0 spiro atoms. The van der Waals surface area contributed by atoms with E-state index in [1.807, 2.05) is 19.1 Å². The molecule has 1 aromatic carbocycles. The maximum atomic E-state index is 5.68. The highest BCUT2D eigenvalue weighted by atomic mass is 16.5. The van der Waals surface area contributed by atoms with Crippen molar-refractivity contribution in [3.05, 3.63) is 54.4 Å². The number of aryl methyl sites for hydroxylation is 1. The van der Waals surface area contributed by atoms with Gasteiger partial charge in [-0.25, -0.2) is 4.98 Å². The van der Waals surface area contributed by atoms with Gasteiger partial charge in [-0.05, 0) is 37.3 Å². The Morgan fingerprint density at radius 3 is 2.67 bits per heavy atom. The third kappa shape index (κ3) is 3.30. The first-order valence-corrected chi connectivity index (χ1v) is 6.47. The maximum absolute atomic E-state index is 5.68. The number of hydrogen-bond donors (Lipinski definition) is 3. The minimum absolute atomic E-state index is 0.497. The first kappa shape index (κ1) is 13.0. The molecular weight excluding hydrogens is 266 g/mol. The Balaban J connectivity index is 1.75. The van der Waals surface area contributed by atoms with Crippen LogP contribution in [-0.2, 0) is 0 Å². The van der Waals surface area contributed by atoms with Crippen molar-refractivity contribution >= 4 is 17.2 Å². The summed E-state index contributed by atoms with van der Waals surface area (Å²) in [6, 6.07) is 12.7. The number of nitrogens with one attached hydrogen (secondary N) is 2. The van der Waals surface area contributed by atoms with Gasteiger partial charge in [-0.15, -0.1) is 0 Å². The standard InChI is InChI=1S/C15H15N5O/c1-10-8-14(20-19-10)18-12-6-7-17-15(9-12)21-13-4-2-11(16)3-5-13/h2-9H,16H2,1H3,(H2,17,18,19,20). The van der Waals surface area contributed by atoms with E-state index in [1.54, 1.807) is 36.5 Å². The normalized spacial score (nSPS) is 10.3. The van der Waals surface area contributed by atoms with Gasteiger partial charge in [0.15, 0.2) is 5.82 Å². The van der Waals surface area contributed by atoms with E-state index in [4.69, 9.17) is 10.5 Å². The Hall–Kier alpha value is -3.02. The molecule has 0 aliphatic rings. The lowest BCUT2D eigenvalue weighted by atomic mass is 10.3. The highest BCUT2D eigenvalue weighted by Crippen LogP contribution is 2.24. The number of aromatic amines is 1. The van der Waals surface area contributed by atoms with Gasteiger partial charge >= 0.3 is 0 Å². The molecule has 3 rings (SSSR count). The minimum atomic E-state index is 0.497. The van der Waals surface area contributed by atoms with Gasteiger partial charge in [0.25, 0.3) is 0 Å². The van der Waals surface area contributed by atoms with Crippen LogP contribution in [0.5, 0.6) is 11.6 Å². The number of hydrogen-bond acceptors (Lipinski definition) is 5. The fourth-order valence-corrected chi connectivity index (χ4v) is 1.83. The summed E-state index contributed by atoms with van der Waals surface area (Å²) < 4.78 is 5.68. The highest BCUT2D eigenvalue weighted by molar-refractivity contribution is 5.57. The molecule has 0 bridgehead atoms. The topological polar surface area (TPSA) is 88.8 Å². The van der Waals surface area contributed by atoms with Crippen molar-refractivity contribution in [2.75, 3.05) is 11.1 Å². The van der Waals surface area contributed by atoms with Gasteiger partial charge in [0.1, 0.15) is 5.75 Å². The molecule has 3 aromatic rings. The summed E-state index contributed by atoms with van der Waals surface area (Å²) in [6.45, 7) is 1.94. The SMILES string of the molecule is Cc1cc(Nc2ccnc(Oc3ccc(N)cc3)c2)n[nH]1. The maximum Gasteiger partial charge on any atom is 0.221 e. The number of nitrogens with zero attached hydrogens (tertiary/aromatic N) is 2. The van der Waals surface area contributed by atoms with E-state index in [1.165, 1.54) is 0 Å². The van der Waals surface area contributed by atoms with E-state index >= 15 is 0 Å². The number of ether oxygens (including phenoxy) is 1. The molecule has 0 aliphatic carbocycles. The van der Waals surface area contributed by atoms with Crippen molar-refractivity contribution in [1.29, 1.82) is 0 Å². The number of H-pyrrole nitrogens is 1. The van der Waals surface area contributed by atoms with Crippen LogP contribution in [0.25, 0.3) is 0 Å². The zero-order chi connectivity index (χ0) is 14.7. The van der Waals surface area contributed by atoms with E-state index in [0.29, 0.717) is 17.3 Å². The summed E-state index contributed by atoms with van der Waals surface area (Å²) >= 11 is 0. The molecule has 0 atom stereocenters. The molecule has 2 heterocycles. The number of pyridine rings is 1. The van der Waals surface area contributed by atoms with Crippen molar-refractivity contribution in [3.63, 3.8) is 0 Å². The molecule has 0 fully saturated rings. The Kier molecular flexibility index (Phi) is 3.42. The molecule has 0 saturated heterocycles. The first-order valence-electron chi connectivity index (χ1n) is 6.47. The Morgan fingerprint density at radius 1 is 1.14 bits per heavy atom. The number of benzene rings is 1. The molecule has 0 amide bonds. The molecule has 2 aromatic heterocycles. The van der Waals surface area contributed by atoms with Gasteiger partial charge in [0, 0.05) is 35.4 Å². The predicted octanol–water partition coefficient (Wildman–Crippen LogP) is 3.23. The number of nitrogens with two attached hydrogens (primary N) is 1. The van der Waals surface area contributed by atoms with Crippen LogP contribution in [-0.4, -0.2) is 15.2 Å². The second kappa shape index (κ2) is 5.54. The number of nitrogen functional groups attached to an aromatic ring is 1. The van der Waals surface area contributed by atoms with Crippen LogP contribution in [0.15, 0.2) is 48.7 Å². The van der Waals surface area contributed by atoms with Gasteiger partial charge in [-0.3, -0.25) is 5.10 Å². The molecule has 21 heavy (non-hydrogen) atoms. The first-order chi connectivity index (χ1) is 10.2. The monoisotopic (exact) mass is 281 g/mol. The molecule has 6 nitrogen and oxygen atoms in total. The third-order valence-corrected chi connectivity index (χ3v) is 2.82. The van der Waals surface area contributed by atoms with Crippen molar-refractivity contribution in [2.24, 2.45) is 0 Å². The molecule has 4 N–H and O–H groups in total. The van der Waals surface area contributed by atoms with Crippen LogP contribution in [0.1, 0.15) is 5.69 Å². The van der Waals surface area contributed by atoms with Crippen molar-refractivity contribution in [3.8, 4) is 11.6 Å². The van der Waals surface area contributed by atoms with Crippen LogP contribution >= 0.6 is 0 Å². The number of anilines is 3. The van der Waals surface area contributed by atoms with E-state index in [9.17, 15) is 0 Å². The largest absolute Gasteiger partial charge is 0.439 e. The predicted molar refractivity (Wildman–Crippen MR) is 81.8 cm³/mol. The van der Waals surface area contributed by atoms with E-state index in [-0.39, 0.29) is 0 Å². The van der Waals surface area contributed by atoms with E-state index < -0.39 is 0 Å². The van der Waals surface area contributed by atoms with Crippen molar-refractivity contribution in [2.45, 2.75) is 6.92 Å². The molecule has 0 aliphatic heterocycles. The molecule has 106 valence electrons. The minimum Gasteiger partial charge on any atom is -0.439 e. The zero-order valence-corrected chi connectivity index (χ0v) is 11.5. The van der Waals surface area contributed by atoms with Crippen molar-refractivity contribution in [1.82, 2.24) is 15.2 Å². The van der Waals surface area contributed by atoms with Crippen LogP contribution in [0, 0.1) is 6.92 Å². The van der Waals surface area contributed by atoms with Crippen LogP contribution in [0.2, 0.25) is 0 Å². The Labute approximate surface area is 122 Å². The second-order valence-corrected chi connectivity index (χ2v) is 4.62. The second-order valence-electron chi connectivity index (χ2n) is 4.62. The fourth-order valence-electron chi connectivity index (χ4n) is 1.83. The highest BCUT2D eigenvalue weighted by Gasteiger charge is 2.03. The number of aromatic nitrogens is 3. The zero-order valence-electron chi connectivity index (χ0n) is 11.5. The summed E-state index contributed by atoms with van der Waals surface area (Å²) in [5.41, 5.74) is 8.17. The fraction of sp³-hybridized carbons (Fsp3) is 0.0667. The summed E-state index contributed by atoms with van der Waals surface area (Å²) in [6.07, 6.45) is 1.68. The van der Waals surface area contributed by atoms with E-state index in [2.05, 4.69) is 20.5 Å². The van der Waals surface area contributed by atoms with E-state index in [0.717, 1.165) is 17.2 Å². The summed E-state index contributed by atoms with van der Waals surface area (Å²) in [7, 11) is 0. The van der Waals surface area contributed by atoms with Crippen LogP contribution in [0.4, 0.5) is 17.2 Å². The lowest BCUT2D eigenvalue weighted by Gasteiger charge is -2.07.